The van der Waals surface area contributed by atoms with Crippen LogP contribution in [0.5, 0.6) is 0 Å². The highest BCUT2D eigenvalue weighted by atomic mass is 32.2. The van der Waals surface area contributed by atoms with Crippen LogP contribution in [-0.4, -0.2) is 24.1 Å². The van der Waals surface area contributed by atoms with Crippen molar-refractivity contribution in [2.75, 3.05) is 11.5 Å². The molecule has 0 fully saturated rings. The van der Waals surface area contributed by atoms with Crippen molar-refractivity contribution in [2.24, 2.45) is 0 Å². The molecule has 0 unspecified atom stereocenters. The van der Waals surface area contributed by atoms with Crippen molar-refractivity contribution in [3.05, 3.63) is 16.4 Å². The lowest BCUT2D eigenvalue weighted by atomic mass is 10.6. The van der Waals surface area contributed by atoms with Gasteiger partial charge in [-0.15, -0.1) is 0 Å². The number of H-pyrrole nitrogens is 1. The predicted octanol–water partition coefficient (Wildman–Crippen LogP) is -0.854. The zero-order chi connectivity index (χ0) is 10.1. The van der Waals surface area contributed by atoms with E-state index in [0.717, 1.165) is 6.07 Å². The van der Waals surface area contributed by atoms with Crippen molar-refractivity contribution in [1.82, 2.24) is 9.97 Å². The number of nitrogens with zero attached hydrogens (tertiary/aromatic N) is 1. The standard InChI is InChI=1S/C6H9N3O3S/c1-2-13(11,12)6-8-4(7)3-5(10)9-6/h3H,2H2,1H3,(H3,7,8,9,10). The zero-order valence-electron chi connectivity index (χ0n) is 6.94. The Morgan fingerprint density at radius 3 is 2.69 bits per heavy atom. The van der Waals surface area contributed by atoms with E-state index in [9.17, 15) is 13.2 Å². The van der Waals surface area contributed by atoms with Crippen LogP contribution in [0.25, 0.3) is 0 Å². The van der Waals surface area contributed by atoms with Gasteiger partial charge in [-0.1, -0.05) is 6.92 Å². The van der Waals surface area contributed by atoms with E-state index in [0.29, 0.717) is 0 Å². The Morgan fingerprint density at radius 1 is 1.62 bits per heavy atom. The van der Waals surface area contributed by atoms with E-state index in [1.165, 1.54) is 6.92 Å². The Balaban J connectivity index is 3.40. The smallest absolute Gasteiger partial charge is 0.253 e. The Kier molecular flexibility index (Phi) is 2.37. The molecule has 1 aromatic rings. The summed E-state index contributed by atoms with van der Waals surface area (Å²) in [7, 11) is -3.49. The molecule has 0 aliphatic carbocycles. The number of sulfone groups is 1. The molecule has 1 aromatic heterocycles. The minimum Gasteiger partial charge on any atom is -0.383 e. The first-order valence-electron chi connectivity index (χ1n) is 3.55. The first kappa shape index (κ1) is 9.72. The summed E-state index contributed by atoms with van der Waals surface area (Å²) < 4.78 is 22.4. The predicted molar refractivity (Wildman–Crippen MR) is 47.0 cm³/mol. The van der Waals surface area contributed by atoms with Crippen LogP contribution in [-0.2, 0) is 9.84 Å². The van der Waals surface area contributed by atoms with E-state index in [2.05, 4.69) is 9.97 Å². The molecule has 1 rings (SSSR count). The quantitative estimate of drug-likeness (QED) is 0.609. The Bertz CT molecular complexity index is 462. The normalized spacial score (nSPS) is 11.5. The second kappa shape index (κ2) is 3.17. The highest BCUT2D eigenvalue weighted by Gasteiger charge is 2.14. The molecule has 0 saturated carbocycles. The third-order valence-corrected chi connectivity index (χ3v) is 2.96. The molecular weight excluding hydrogens is 194 g/mol. The average molecular weight is 203 g/mol. The fraction of sp³-hybridized carbons (Fsp3) is 0.333. The summed E-state index contributed by atoms with van der Waals surface area (Å²) in [6, 6.07) is 1.02. The Hall–Kier alpha value is -1.37. The summed E-state index contributed by atoms with van der Waals surface area (Å²) >= 11 is 0. The summed E-state index contributed by atoms with van der Waals surface area (Å²) in [5, 5.41) is -0.375. The highest BCUT2D eigenvalue weighted by molar-refractivity contribution is 7.91. The van der Waals surface area contributed by atoms with Gasteiger partial charge in [-0.2, -0.15) is 0 Å². The van der Waals surface area contributed by atoms with Crippen LogP contribution in [0.2, 0.25) is 0 Å². The van der Waals surface area contributed by atoms with Crippen LogP contribution in [0.4, 0.5) is 5.82 Å². The molecule has 0 saturated heterocycles. The van der Waals surface area contributed by atoms with Crippen LogP contribution in [0.15, 0.2) is 16.0 Å². The maximum atomic E-state index is 11.2. The highest BCUT2D eigenvalue weighted by Crippen LogP contribution is 2.02. The molecule has 0 bridgehead atoms. The van der Waals surface area contributed by atoms with Crippen molar-refractivity contribution in [1.29, 1.82) is 0 Å². The number of nitrogens with two attached hydrogens (primary N) is 1. The zero-order valence-corrected chi connectivity index (χ0v) is 7.76. The molecule has 72 valence electrons. The van der Waals surface area contributed by atoms with Gasteiger partial charge in [0.25, 0.3) is 5.56 Å². The molecule has 0 radical (unpaired) electrons. The van der Waals surface area contributed by atoms with Crippen LogP contribution in [0.3, 0.4) is 0 Å². The Morgan fingerprint density at radius 2 is 2.23 bits per heavy atom. The van der Waals surface area contributed by atoms with Crippen molar-refractivity contribution >= 4 is 15.7 Å². The van der Waals surface area contributed by atoms with Crippen LogP contribution in [0, 0.1) is 0 Å². The number of hydrogen-bond acceptors (Lipinski definition) is 5. The number of aromatic nitrogens is 2. The molecule has 0 amide bonds. The fourth-order valence-electron chi connectivity index (χ4n) is 0.737. The van der Waals surface area contributed by atoms with Crippen LogP contribution >= 0.6 is 0 Å². The topological polar surface area (TPSA) is 106 Å². The average Bonchev–Trinajstić information content (AvgIpc) is 2.02. The lowest BCUT2D eigenvalue weighted by Gasteiger charge is -1.99. The molecule has 6 nitrogen and oxygen atoms in total. The van der Waals surface area contributed by atoms with E-state index >= 15 is 0 Å². The van der Waals surface area contributed by atoms with E-state index < -0.39 is 15.4 Å². The molecule has 13 heavy (non-hydrogen) atoms. The number of nitrogens with one attached hydrogen (secondary N) is 1. The molecular formula is C6H9N3O3S. The van der Waals surface area contributed by atoms with E-state index in [1.807, 2.05) is 0 Å². The summed E-state index contributed by atoms with van der Waals surface area (Å²) in [5.74, 6) is -0.227. The van der Waals surface area contributed by atoms with Crippen molar-refractivity contribution in [2.45, 2.75) is 12.1 Å². The number of nitrogen functional groups attached to an aromatic ring is 1. The van der Waals surface area contributed by atoms with Crippen LogP contribution < -0.4 is 11.3 Å². The molecule has 1 heterocycles. The van der Waals surface area contributed by atoms with Gasteiger partial charge >= 0.3 is 0 Å². The third-order valence-electron chi connectivity index (χ3n) is 1.41. The minimum atomic E-state index is -3.49. The molecule has 0 aromatic carbocycles. The van der Waals surface area contributed by atoms with Gasteiger partial charge in [-0.05, 0) is 0 Å². The third kappa shape index (κ3) is 2.05. The molecule has 0 atom stereocenters. The van der Waals surface area contributed by atoms with Crippen LogP contribution in [0.1, 0.15) is 6.92 Å². The molecule has 3 N–H and O–H groups in total. The molecule has 7 heteroatoms. The first-order valence-corrected chi connectivity index (χ1v) is 5.20. The van der Waals surface area contributed by atoms with Crippen molar-refractivity contribution < 1.29 is 8.42 Å². The second-order valence-corrected chi connectivity index (χ2v) is 4.57. The van der Waals surface area contributed by atoms with E-state index in [1.54, 1.807) is 0 Å². The van der Waals surface area contributed by atoms with E-state index in [4.69, 9.17) is 5.73 Å². The second-order valence-electron chi connectivity index (χ2n) is 2.38. The van der Waals surface area contributed by atoms with Gasteiger partial charge in [0.1, 0.15) is 5.82 Å². The van der Waals surface area contributed by atoms with E-state index in [-0.39, 0.29) is 16.7 Å². The Labute approximate surface area is 74.7 Å². The SMILES string of the molecule is CCS(=O)(=O)c1nc(N)cc(=O)[nH]1. The van der Waals surface area contributed by atoms with Gasteiger partial charge in [0, 0.05) is 6.07 Å². The lowest BCUT2D eigenvalue weighted by molar-refractivity contribution is 0.587. The minimum absolute atomic E-state index is 0.101. The molecule has 0 aliphatic heterocycles. The van der Waals surface area contributed by atoms with Crippen molar-refractivity contribution in [3.8, 4) is 0 Å². The molecule has 0 spiro atoms. The monoisotopic (exact) mass is 203 g/mol. The summed E-state index contributed by atoms with van der Waals surface area (Å²) in [4.78, 5) is 16.4. The maximum absolute atomic E-state index is 11.2. The van der Waals surface area contributed by atoms with Crippen molar-refractivity contribution in [3.63, 3.8) is 0 Å². The largest absolute Gasteiger partial charge is 0.383 e. The summed E-state index contributed by atoms with van der Waals surface area (Å²) in [6.07, 6.45) is 0. The van der Waals surface area contributed by atoms with Gasteiger partial charge in [0.05, 0.1) is 5.75 Å². The number of anilines is 1. The lowest BCUT2D eigenvalue weighted by Crippen LogP contribution is -2.17. The van der Waals surface area contributed by atoms with Gasteiger partial charge in [0.15, 0.2) is 0 Å². The molecule has 0 aliphatic rings. The number of hydrogen-bond donors (Lipinski definition) is 2. The summed E-state index contributed by atoms with van der Waals surface area (Å²) in [5.41, 5.74) is 4.65. The van der Waals surface area contributed by atoms with Gasteiger partial charge < -0.3 is 5.73 Å². The first-order chi connectivity index (χ1) is 5.95. The number of aromatic amines is 1. The number of rotatable bonds is 2. The van der Waals surface area contributed by atoms with Gasteiger partial charge in [-0.25, -0.2) is 13.4 Å². The fourth-order valence-corrected chi connectivity index (χ4v) is 1.51. The summed E-state index contributed by atoms with van der Waals surface area (Å²) in [6.45, 7) is 1.46. The van der Waals surface area contributed by atoms with Gasteiger partial charge in [-0.3, -0.25) is 9.78 Å². The maximum Gasteiger partial charge on any atom is 0.253 e. The van der Waals surface area contributed by atoms with Gasteiger partial charge in [0.2, 0.25) is 15.0 Å².